The number of hydrogen-bond acceptors (Lipinski definition) is 3. The van der Waals surface area contributed by atoms with Gasteiger partial charge in [-0.1, -0.05) is 36.4 Å². The number of aryl methyl sites for hydroxylation is 1. The summed E-state index contributed by atoms with van der Waals surface area (Å²) in [5.74, 6) is -3.04. The highest BCUT2D eigenvalue weighted by molar-refractivity contribution is 6.08. The number of carbonyl (C=O) groups is 2. The lowest BCUT2D eigenvalue weighted by atomic mass is 10.0. The number of nitrogens with zero attached hydrogens (tertiary/aromatic N) is 1. The van der Waals surface area contributed by atoms with Crippen molar-refractivity contribution in [2.24, 2.45) is 0 Å². The van der Waals surface area contributed by atoms with Gasteiger partial charge in [-0.05, 0) is 17.9 Å². The highest BCUT2D eigenvalue weighted by atomic mass is 19.4. The minimum Gasteiger partial charge on any atom is -0.468 e. The predicted molar refractivity (Wildman–Crippen MR) is 79.1 cm³/mol. The van der Waals surface area contributed by atoms with Crippen LogP contribution in [0, 0.1) is 6.92 Å². The van der Waals surface area contributed by atoms with Gasteiger partial charge in [-0.3, -0.25) is 14.5 Å². The third-order valence-electron chi connectivity index (χ3n) is 3.37. The first kappa shape index (κ1) is 16.8. The molecular weight excluding hydrogens is 311 g/mol. The molecule has 0 bridgehead atoms. The van der Waals surface area contributed by atoms with Gasteiger partial charge in [0, 0.05) is 5.39 Å². The van der Waals surface area contributed by atoms with Gasteiger partial charge < -0.3 is 4.74 Å². The van der Waals surface area contributed by atoms with Crippen molar-refractivity contribution < 1.29 is 27.5 Å². The van der Waals surface area contributed by atoms with E-state index >= 15 is 0 Å². The van der Waals surface area contributed by atoms with Crippen molar-refractivity contribution in [3.05, 3.63) is 42.0 Å². The smallest absolute Gasteiger partial charge is 0.468 e. The Labute approximate surface area is 130 Å². The van der Waals surface area contributed by atoms with E-state index in [1.807, 2.05) is 0 Å². The quantitative estimate of drug-likeness (QED) is 0.814. The Morgan fingerprint density at radius 2 is 1.78 bits per heavy atom. The second-order valence-electron chi connectivity index (χ2n) is 4.92. The lowest BCUT2D eigenvalue weighted by Gasteiger charge is -2.25. The zero-order valence-corrected chi connectivity index (χ0v) is 12.5. The zero-order valence-electron chi connectivity index (χ0n) is 12.5. The van der Waals surface area contributed by atoms with Gasteiger partial charge in [-0.25, -0.2) is 0 Å². The van der Waals surface area contributed by atoms with Crippen molar-refractivity contribution in [3.63, 3.8) is 0 Å². The van der Waals surface area contributed by atoms with Crippen LogP contribution < -0.4 is 4.90 Å². The van der Waals surface area contributed by atoms with Gasteiger partial charge in [0.15, 0.2) is 0 Å². The molecule has 0 fully saturated rings. The fraction of sp³-hybridized carbons (Fsp3) is 0.250. The van der Waals surface area contributed by atoms with Crippen LogP contribution in [0.2, 0.25) is 0 Å². The summed E-state index contributed by atoms with van der Waals surface area (Å²) in [7, 11) is 1.05. The van der Waals surface area contributed by atoms with Gasteiger partial charge in [-0.15, -0.1) is 0 Å². The molecule has 2 aromatic carbocycles. The van der Waals surface area contributed by atoms with Gasteiger partial charge in [0.05, 0.1) is 12.8 Å². The largest absolute Gasteiger partial charge is 0.471 e. The Kier molecular flexibility index (Phi) is 4.58. The van der Waals surface area contributed by atoms with E-state index in [2.05, 4.69) is 4.74 Å². The van der Waals surface area contributed by atoms with Crippen molar-refractivity contribution in [3.8, 4) is 0 Å². The number of carbonyl (C=O) groups excluding carboxylic acids is 2. The molecule has 0 spiro atoms. The Balaban J connectivity index is 2.66. The second-order valence-corrected chi connectivity index (χ2v) is 4.92. The number of alkyl halides is 3. The molecule has 0 unspecified atom stereocenters. The molecule has 0 aliphatic rings. The minimum atomic E-state index is -5.10. The Bertz CT molecular complexity index is 756. The molecule has 0 radical (unpaired) electrons. The molecule has 0 atom stereocenters. The van der Waals surface area contributed by atoms with E-state index in [1.165, 1.54) is 0 Å². The van der Waals surface area contributed by atoms with Crippen molar-refractivity contribution in [2.45, 2.75) is 13.1 Å². The summed E-state index contributed by atoms with van der Waals surface area (Å²) in [5.41, 5.74) is 0.501. The number of esters is 1. The fourth-order valence-electron chi connectivity index (χ4n) is 2.32. The summed E-state index contributed by atoms with van der Waals surface area (Å²) < 4.78 is 43.2. The molecule has 0 saturated carbocycles. The molecule has 2 rings (SSSR count). The molecule has 2 aromatic rings. The highest BCUT2D eigenvalue weighted by Gasteiger charge is 2.44. The summed E-state index contributed by atoms with van der Waals surface area (Å²) in [6, 6.07) is 10.0. The van der Waals surface area contributed by atoms with Gasteiger partial charge in [0.25, 0.3) is 0 Å². The first-order valence-corrected chi connectivity index (χ1v) is 6.69. The SMILES string of the molecule is COC(=O)CN(C(=O)C(F)(F)F)c1c(C)ccc2ccccc12. The summed E-state index contributed by atoms with van der Waals surface area (Å²) in [6.45, 7) is 0.763. The monoisotopic (exact) mass is 325 g/mol. The second kappa shape index (κ2) is 6.28. The number of hydrogen-bond donors (Lipinski definition) is 0. The van der Waals surface area contributed by atoms with E-state index in [-0.39, 0.29) is 5.69 Å². The van der Waals surface area contributed by atoms with Crippen LogP contribution in [0.3, 0.4) is 0 Å². The van der Waals surface area contributed by atoms with E-state index in [1.54, 1.807) is 43.3 Å². The lowest BCUT2D eigenvalue weighted by molar-refractivity contribution is -0.171. The standard InChI is InChI=1S/C16H14F3NO3/c1-10-7-8-11-5-3-4-6-12(11)14(10)20(9-13(21)23-2)15(22)16(17,18)19/h3-8H,9H2,1-2H3. The van der Waals surface area contributed by atoms with Crippen LogP contribution in [0.4, 0.5) is 18.9 Å². The Morgan fingerprint density at radius 1 is 1.13 bits per heavy atom. The van der Waals surface area contributed by atoms with E-state index in [9.17, 15) is 22.8 Å². The molecule has 1 amide bonds. The summed E-state index contributed by atoms with van der Waals surface area (Å²) in [6.07, 6.45) is -5.10. The third kappa shape index (κ3) is 3.44. The Hall–Kier alpha value is -2.57. The molecular formula is C16H14F3NO3. The first-order valence-electron chi connectivity index (χ1n) is 6.69. The molecule has 7 heteroatoms. The van der Waals surface area contributed by atoms with Crippen molar-refractivity contribution in [2.75, 3.05) is 18.6 Å². The number of amides is 1. The molecule has 0 aliphatic heterocycles. The molecule has 0 aromatic heterocycles. The normalized spacial score (nSPS) is 11.3. The number of ether oxygens (including phenoxy) is 1. The van der Waals surface area contributed by atoms with E-state index in [0.717, 1.165) is 7.11 Å². The third-order valence-corrected chi connectivity index (χ3v) is 3.37. The zero-order chi connectivity index (χ0) is 17.2. The average Bonchev–Trinajstić information content (AvgIpc) is 2.51. The summed E-state index contributed by atoms with van der Waals surface area (Å²) in [4.78, 5) is 23.7. The number of methoxy groups -OCH3 is 1. The predicted octanol–water partition coefficient (Wildman–Crippen LogP) is 3.22. The molecule has 0 N–H and O–H groups in total. The molecule has 122 valence electrons. The highest BCUT2D eigenvalue weighted by Crippen LogP contribution is 2.33. The molecule has 4 nitrogen and oxygen atoms in total. The lowest BCUT2D eigenvalue weighted by Crippen LogP contribution is -2.44. The minimum absolute atomic E-state index is 0.0517. The van der Waals surface area contributed by atoms with Gasteiger partial charge in [0.1, 0.15) is 6.54 Å². The number of benzene rings is 2. The summed E-state index contributed by atoms with van der Waals surface area (Å²) in [5, 5.41) is 1.12. The van der Waals surface area contributed by atoms with Crippen LogP contribution in [0.5, 0.6) is 0 Å². The van der Waals surface area contributed by atoms with Crippen LogP contribution in [-0.4, -0.2) is 31.7 Å². The van der Waals surface area contributed by atoms with E-state index < -0.39 is 24.6 Å². The maximum atomic E-state index is 12.9. The number of halogens is 3. The van der Waals surface area contributed by atoms with Crippen molar-refractivity contribution in [1.29, 1.82) is 0 Å². The molecule has 0 heterocycles. The summed E-state index contributed by atoms with van der Waals surface area (Å²) >= 11 is 0. The number of anilines is 1. The van der Waals surface area contributed by atoms with Crippen molar-refractivity contribution >= 4 is 28.3 Å². The average molecular weight is 325 g/mol. The topological polar surface area (TPSA) is 46.6 Å². The maximum Gasteiger partial charge on any atom is 0.471 e. The van der Waals surface area contributed by atoms with Crippen LogP contribution in [0.15, 0.2) is 36.4 Å². The first-order chi connectivity index (χ1) is 10.8. The van der Waals surface area contributed by atoms with Crippen LogP contribution in [0.25, 0.3) is 10.8 Å². The number of rotatable bonds is 3. The Morgan fingerprint density at radius 3 is 2.39 bits per heavy atom. The van der Waals surface area contributed by atoms with Crippen LogP contribution in [0.1, 0.15) is 5.56 Å². The van der Waals surface area contributed by atoms with Gasteiger partial charge in [0.2, 0.25) is 0 Å². The van der Waals surface area contributed by atoms with Crippen LogP contribution in [-0.2, 0) is 14.3 Å². The maximum absolute atomic E-state index is 12.9. The van der Waals surface area contributed by atoms with E-state index in [4.69, 9.17) is 0 Å². The number of fused-ring (bicyclic) bond motifs is 1. The molecule has 0 saturated heterocycles. The molecule has 0 aliphatic carbocycles. The molecule has 23 heavy (non-hydrogen) atoms. The van der Waals surface area contributed by atoms with Crippen molar-refractivity contribution in [1.82, 2.24) is 0 Å². The van der Waals surface area contributed by atoms with Gasteiger partial charge in [-0.2, -0.15) is 13.2 Å². The van der Waals surface area contributed by atoms with E-state index in [0.29, 0.717) is 21.2 Å². The van der Waals surface area contributed by atoms with Gasteiger partial charge >= 0.3 is 18.1 Å². The van der Waals surface area contributed by atoms with Crippen LogP contribution >= 0.6 is 0 Å². The fourth-order valence-corrected chi connectivity index (χ4v) is 2.32.